The molecule has 1 aliphatic rings. The summed E-state index contributed by atoms with van der Waals surface area (Å²) in [5.41, 5.74) is 0.692. The quantitative estimate of drug-likeness (QED) is 0.818. The van der Waals surface area contributed by atoms with Crippen LogP contribution in [0.5, 0.6) is 0 Å². The second-order valence-electron chi connectivity index (χ2n) is 4.01. The van der Waals surface area contributed by atoms with Gasteiger partial charge in [0.2, 0.25) is 0 Å². The van der Waals surface area contributed by atoms with Gasteiger partial charge in [-0.2, -0.15) is 0 Å². The van der Waals surface area contributed by atoms with Crippen molar-refractivity contribution in [2.24, 2.45) is 0 Å². The van der Waals surface area contributed by atoms with Crippen LogP contribution in [-0.2, 0) is 6.61 Å². The lowest BCUT2D eigenvalue weighted by atomic mass is 10.1. The highest BCUT2D eigenvalue weighted by Crippen LogP contribution is 2.23. The number of halogens is 1. The molecule has 2 rings (SSSR count). The molecular weight excluding hydrogens is 228 g/mol. The first-order valence-electron chi connectivity index (χ1n) is 5.39. The number of nitrogens with zero attached hydrogens (tertiary/aromatic N) is 2. The molecule has 1 aromatic heterocycles. The zero-order valence-corrected chi connectivity index (χ0v) is 9.69. The number of hydrogen-bond donors (Lipinski definition) is 2. The Bertz CT molecular complexity index is 365. The van der Waals surface area contributed by atoms with Gasteiger partial charge in [-0.25, -0.2) is 4.98 Å². The zero-order valence-electron chi connectivity index (χ0n) is 8.93. The van der Waals surface area contributed by atoms with Gasteiger partial charge in [-0.3, -0.25) is 0 Å². The van der Waals surface area contributed by atoms with Crippen LogP contribution in [0.2, 0.25) is 5.02 Å². The lowest BCUT2D eigenvalue weighted by Crippen LogP contribution is -2.36. The molecule has 0 spiro atoms. The van der Waals surface area contributed by atoms with Crippen molar-refractivity contribution in [2.75, 3.05) is 18.0 Å². The molecule has 0 radical (unpaired) electrons. The molecule has 0 atom stereocenters. The van der Waals surface area contributed by atoms with Crippen LogP contribution in [0.1, 0.15) is 18.4 Å². The van der Waals surface area contributed by atoms with Crippen LogP contribution in [0.15, 0.2) is 12.3 Å². The van der Waals surface area contributed by atoms with Gasteiger partial charge < -0.3 is 15.1 Å². The van der Waals surface area contributed by atoms with E-state index in [1.165, 1.54) is 0 Å². The van der Waals surface area contributed by atoms with E-state index in [0.717, 1.165) is 31.7 Å². The molecule has 0 aromatic carbocycles. The van der Waals surface area contributed by atoms with E-state index in [9.17, 15) is 5.11 Å². The molecule has 0 unspecified atom stereocenters. The van der Waals surface area contributed by atoms with Gasteiger partial charge in [-0.05, 0) is 18.9 Å². The highest BCUT2D eigenvalue weighted by atomic mass is 35.5. The predicted molar refractivity (Wildman–Crippen MR) is 62.6 cm³/mol. The fourth-order valence-corrected chi connectivity index (χ4v) is 2.02. The van der Waals surface area contributed by atoms with E-state index in [1.807, 2.05) is 0 Å². The first-order valence-corrected chi connectivity index (χ1v) is 5.77. The van der Waals surface area contributed by atoms with Gasteiger partial charge in [0, 0.05) is 24.8 Å². The van der Waals surface area contributed by atoms with Crippen LogP contribution < -0.4 is 4.90 Å². The van der Waals surface area contributed by atoms with Crippen molar-refractivity contribution >= 4 is 17.4 Å². The largest absolute Gasteiger partial charge is 0.393 e. The van der Waals surface area contributed by atoms with Crippen molar-refractivity contribution in [2.45, 2.75) is 25.6 Å². The minimum atomic E-state index is -0.194. The van der Waals surface area contributed by atoms with Crippen molar-refractivity contribution in [3.8, 4) is 0 Å². The van der Waals surface area contributed by atoms with E-state index >= 15 is 0 Å². The third-order valence-electron chi connectivity index (χ3n) is 2.88. The lowest BCUT2D eigenvalue weighted by Gasteiger charge is -2.30. The molecule has 1 aromatic rings. The number of aromatic nitrogens is 1. The van der Waals surface area contributed by atoms with Crippen molar-refractivity contribution in [3.05, 3.63) is 22.8 Å². The summed E-state index contributed by atoms with van der Waals surface area (Å²) < 4.78 is 0. The first kappa shape index (κ1) is 11.6. The maximum Gasteiger partial charge on any atom is 0.128 e. The Morgan fingerprint density at radius 2 is 2.12 bits per heavy atom. The minimum absolute atomic E-state index is 0.0786. The summed E-state index contributed by atoms with van der Waals surface area (Å²) in [5.74, 6) is 0.820. The van der Waals surface area contributed by atoms with Crippen LogP contribution >= 0.6 is 11.6 Å². The summed E-state index contributed by atoms with van der Waals surface area (Å²) in [6.07, 6.45) is 2.89. The Kier molecular flexibility index (Phi) is 3.63. The average Bonchev–Trinajstić information content (AvgIpc) is 2.31. The molecule has 2 heterocycles. The maximum atomic E-state index is 9.41. The maximum absolute atomic E-state index is 9.41. The van der Waals surface area contributed by atoms with E-state index in [1.54, 1.807) is 12.3 Å². The Labute approximate surface area is 99.5 Å². The molecule has 1 saturated heterocycles. The SMILES string of the molecule is OCc1cc(N2CCC(O)CC2)ncc1Cl. The van der Waals surface area contributed by atoms with E-state index in [0.29, 0.717) is 10.6 Å². The molecule has 16 heavy (non-hydrogen) atoms. The molecule has 0 bridgehead atoms. The second-order valence-corrected chi connectivity index (χ2v) is 4.42. The molecular formula is C11H15ClN2O2. The van der Waals surface area contributed by atoms with E-state index < -0.39 is 0 Å². The highest BCUT2D eigenvalue weighted by Gasteiger charge is 2.18. The first-order chi connectivity index (χ1) is 7.70. The molecule has 1 fully saturated rings. The number of rotatable bonds is 2. The smallest absolute Gasteiger partial charge is 0.128 e. The van der Waals surface area contributed by atoms with Crippen LogP contribution in [0, 0.1) is 0 Å². The van der Waals surface area contributed by atoms with Crippen molar-refractivity contribution in [1.29, 1.82) is 0 Å². The molecule has 0 saturated carbocycles. The van der Waals surface area contributed by atoms with Gasteiger partial charge in [0.15, 0.2) is 0 Å². The normalized spacial score (nSPS) is 17.8. The predicted octanol–water partition coefficient (Wildman–Crippen LogP) is 1.19. The van der Waals surface area contributed by atoms with E-state index in [2.05, 4.69) is 9.88 Å². The van der Waals surface area contributed by atoms with Gasteiger partial charge >= 0.3 is 0 Å². The van der Waals surface area contributed by atoms with Gasteiger partial charge in [0.05, 0.1) is 17.7 Å². The zero-order chi connectivity index (χ0) is 11.5. The van der Waals surface area contributed by atoms with Crippen molar-refractivity contribution in [3.63, 3.8) is 0 Å². The summed E-state index contributed by atoms with van der Waals surface area (Å²) in [4.78, 5) is 6.34. The summed E-state index contributed by atoms with van der Waals surface area (Å²) in [6.45, 7) is 1.51. The van der Waals surface area contributed by atoms with Gasteiger partial charge in [0.25, 0.3) is 0 Å². The number of aliphatic hydroxyl groups is 2. The molecule has 5 heteroatoms. The molecule has 0 aliphatic carbocycles. The standard InChI is InChI=1S/C11H15ClN2O2/c12-10-6-13-11(5-8(10)7-15)14-3-1-9(16)2-4-14/h5-6,9,15-16H,1-4,7H2. The Morgan fingerprint density at radius 1 is 1.44 bits per heavy atom. The summed E-state index contributed by atoms with van der Waals surface area (Å²) >= 11 is 5.88. The molecule has 88 valence electrons. The topological polar surface area (TPSA) is 56.6 Å². The molecule has 1 aliphatic heterocycles. The summed E-state index contributed by atoms with van der Waals surface area (Å²) in [6, 6.07) is 1.81. The Balaban J connectivity index is 2.14. The van der Waals surface area contributed by atoms with Crippen molar-refractivity contribution in [1.82, 2.24) is 4.98 Å². The van der Waals surface area contributed by atoms with Crippen LogP contribution in [0.3, 0.4) is 0 Å². The van der Waals surface area contributed by atoms with Crippen LogP contribution in [-0.4, -0.2) is 34.4 Å². The van der Waals surface area contributed by atoms with E-state index in [-0.39, 0.29) is 12.7 Å². The van der Waals surface area contributed by atoms with Crippen LogP contribution in [0.25, 0.3) is 0 Å². The number of anilines is 1. The van der Waals surface area contributed by atoms with Gasteiger partial charge in [-0.15, -0.1) is 0 Å². The third-order valence-corrected chi connectivity index (χ3v) is 3.22. The lowest BCUT2D eigenvalue weighted by molar-refractivity contribution is 0.145. The Morgan fingerprint density at radius 3 is 2.75 bits per heavy atom. The minimum Gasteiger partial charge on any atom is -0.393 e. The number of pyridine rings is 1. The number of aliphatic hydroxyl groups excluding tert-OH is 2. The monoisotopic (exact) mass is 242 g/mol. The molecule has 0 amide bonds. The fourth-order valence-electron chi connectivity index (χ4n) is 1.86. The fraction of sp³-hybridized carbons (Fsp3) is 0.545. The van der Waals surface area contributed by atoms with Gasteiger partial charge in [0.1, 0.15) is 5.82 Å². The average molecular weight is 243 g/mol. The summed E-state index contributed by atoms with van der Waals surface area (Å²) in [5, 5.41) is 19.0. The highest BCUT2D eigenvalue weighted by molar-refractivity contribution is 6.31. The third kappa shape index (κ3) is 2.45. The van der Waals surface area contributed by atoms with Gasteiger partial charge in [-0.1, -0.05) is 11.6 Å². The summed E-state index contributed by atoms with van der Waals surface area (Å²) in [7, 11) is 0. The molecule has 4 nitrogen and oxygen atoms in total. The Hall–Kier alpha value is -0.840. The second kappa shape index (κ2) is 4.99. The number of hydrogen-bond acceptors (Lipinski definition) is 4. The molecule has 2 N–H and O–H groups in total. The van der Waals surface area contributed by atoms with Crippen LogP contribution in [0.4, 0.5) is 5.82 Å². The van der Waals surface area contributed by atoms with E-state index in [4.69, 9.17) is 16.7 Å². The number of piperidine rings is 1. The van der Waals surface area contributed by atoms with Crippen molar-refractivity contribution < 1.29 is 10.2 Å².